The van der Waals surface area contributed by atoms with Crippen molar-refractivity contribution in [1.29, 1.82) is 0 Å². The molecule has 1 fully saturated rings. The fraction of sp³-hybridized carbons (Fsp3) is 0.462. The highest BCUT2D eigenvalue weighted by atomic mass is 32.2. The molecule has 35 heavy (non-hydrogen) atoms. The second-order valence-corrected chi connectivity index (χ2v) is 9.68. The predicted octanol–water partition coefficient (Wildman–Crippen LogP) is 3.78. The lowest BCUT2D eigenvalue weighted by Crippen LogP contribution is -2.43. The molecule has 3 amide bonds. The van der Waals surface area contributed by atoms with E-state index in [0.717, 1.165) is 36.1 Å². The normalized spacial score (nSPS) is 21.6. The zero-order valence-corrected chi connectivity index (χ0v) is 21.1. The van der Waals surface area contributed by atoms with E-state index in [1.54, 1.807) is 11.8 Å². The Hall–Kier alpha value is -2.75. The molecule has 2 aliphatic heterocycles. The summed E-state index contributed by atoms with van der Waals surface area (Å²) >= 11 is 1.69. The lowest BCUT2D eigenvalue weighted by Gasteiger charge is -2.26. The Balaban J connectivity index is 1.31. The number of benzene rings is 2. The van der Waals surface area contributed by atoms with E-state index < -0.39 is 6.23 Å². The number of anilines is 1. The van der Waals surface area contributed by atoms with Crippen LogP contribution < -0.4 is 16.0 Å². The number of amides is 3. The quantitative estimate of drug-likeness (QED) is 0.433. The molecule has 0 bridgehead atoms. The van der Waals surface area contributed by atoms with Gasteiger partial charge in [0, 0.05) is 29.2 Å². The summed E-state index contributed by atoms with van der Waals surface area (Å²) in [5.74, 6) is -0.0730. The first-order valence-electron chi connectivity index (χ1n) is 12.1. The van der Waals surface area contributed by atoms with Gasteiger partial charge in [0.25, 0.3) is 0 Å². The van der Waals surface area contributed by atoms with Crippen LogP contribution in [-0.4, -0.2) is 54.1 Å². The summed E-state index contributed by atoms with van der Waals surface area (Å²) in [4.78, 5) is 28.4. The second kappa shape index (κ2) is 11.8. The highest BCUT2D eigenvalue weighted by Crippen LogP contribution is 2.36. The van der Waals surface area contributed by atoms with Crippen LogP contribution in [0.3, 0.4) is 0 Å². The third-order valence-electron chi connectivity index (χ3n) is 6.54. The molecule has 0 saturated carbocycles. The van der Waals surface area contributed by atoms with Crippen molar-refractivity contribution in [2.75, 3.05) is 31.3 Å². The van der Waals surface area contributed by atoms with Gasteiger partial charge in [0.05, 0.1) is 25.3 Å². The minimum absolute atomic E-state index is 0.0402. The van der Waals surface area contributed by atoms with Gasteiger partial charge < -0.3 is 30.7 Å². The van der Waals surface area contributed by atoms with E-state index in [1.807, 2.05) is 48.4 Å². The van der Waals surface area contributed by atoms with Crippen molar-refractivity contribution < 1.29 is 19.4 Å². The van der Waals surface area contributed by atoms with Crippen molar-refractivity contribution in [2.45, 2.75) is 56.0 Å². The summed E-state index contributed by atoms with van der Waals surface area (Å²) in [7, 11) is 0. The van der Waals surface area contributed by atoms with Crippen LogP contribution in [0, 0.1) is 0 Å². The van der Waals surface area contributed by atoms with Gasteiger partial charge in [-0.15, -0.1) is 11.8 Å². The van der Waals surface area contributed by atoms with Gasteiger partial charge in [-0.25, -0.2) is 4.79 Å². The molecule has 2 aromatic carbocycles. The van der Waals surface area contributed by atoms with Gasteiger partial charge >= 0.3 is 6.03 Å². The van der Waals surface area contributed by atoms with Gasteiger partial charge in [0.1, 0.15) is 6.23 Å². The molecule has 4 rings (SSSR count). The molecule has 0 radical (unpaired) electrons. The number of ether oxygens (including phenoxy) is 1. The number of urea groups is 1. The van der Waals surface area contributed by atoms with Crippen LogP contribution in [0.25, 0.3) is 0 Å². The first-order valence-corrected chi connectivity index (χ1v) is 13.4. The largest absolute Gasteiger partial charge is 0.371 e. The van der Waals surface area contributed by atoms with Crippen LogP contribution >= 0.6 is 11.8 Å². The van der Waals surface area contributed by atoms with Gasteiger partial charge in [0.15, 0.2) is 0 Å². The Labute approximate surface area is 210 Å². The zero-order chi connectivity index (χ0) is 24.8. The first-order chi connectivity index (χ1) is 17.0. The van der Waals surface area contributed by atoms with E-state index in [2.05, 4.69) is 28.1 Å². The number of likely N-dealkylation sites (tertiary alicyclic amines) is 1. The number of hydrogen-bond acceptors (Lipinski definition) is 6. The molecule has 0 aliphatic carbocycles. The molecular formula is C26H34N4O4S. The molecule has 188 valence electrons. The second-order valence-electron chi connectivity index (χ2n) is 8.84. The van der Waals surface area contributed by atoms with Crippen molar-refractivity contribution in [1.82, 2.24) is 15.5 Å². The lowest BCUT2D eigenvalue weighted by atomic mass is 10.0. The summed E-state index contributed by atoms with van der Waals surface area (Å²) in [6, 6.07) is 13.7. The Kier molecular flexibility index (Phi) is 8.54. The van der Waals surface area contributed by atoms with E-state index in [1.165, 1.54) is 10.5 Å². The summed E-state index contributed by atoms with van der Waals surface area (Å²) in [5, 5.41) is 18.5. The highest BCUT2D eigenvalue weighted by Gasteiger charge is 2.31. The number of aliphatic hydroxyl groups excluding tert-OH is 1. The summed E-state index contributed by atoms with van der Waals surface area (Å²) in [5.41, 5.74) is 3.89. The third-order valence-corrected chi connectivity index (χ3v) is 7.35. The van der Waals surface area contributed by atoms with Gasteiger partial charge in [0.2, 0.25) is 5.91 Å². The third kappa shape index (κ3) is 6.09. The van der Waals surface area contributed by atoms with E-state index in [9.17, 15) is 14.7 Å². The minimum atomic E-state index is -0.748. The molecular weight excluding hydrogens is 464 g/mol. The number of thioether (sulfide) groups is 1. The molecule has 0 aromatic heterocycles. The fourth-order valence-corrected chi connectivity index (χ4v) is 5.46. The van der Waals surface area contributed by atoms with Crippen LogP contribution in [0.4, 0.5) is 10.5 Å². The average Bonchev–Trinajstić information content (AvgIpc) is 3.31. The highest BCUT2D eigenvalue weighted by molar-refractivity contribution is 7.98. The summed E-state index contributed by atoms with van der Waals surface area (Å²) in [6.07, 6.45) is 3.85. The van der Waals surface area contributed by atoms with E-state index in [-0.39, 0.29) is 37.2 Å². The van der Waals surface area contributed by atoms with E-state index in [4.69, 9.17) is 4.74 Å². The van der Waals surface area contributed by atoms with Gasteiger partial charge in [-0.2, -0.15) is 0 Å². The van der Waals surface area contributed by atoms with E-state index in [0.29, 0.717) is 13.1 Å². The predicted molar refractivity (Wildman–Crippen MR) is 137 cm³/mol. The van der Waals surface area contributed by atoms with Gasteiger partial charge in [-0.05, 0) is 54.8 Å². The first kappa shape index (κ1) is 25.3. The molecule has 0 spiro atoms. The zero-order valence-electron chi connectivity index (χ0n) is 20.3. The number of rotatable bonds is 7. The number of fused-ring (bicyclic) bond motifs is 1. The van der Waals surface area contributed by atoms with Gasteiger partial charge in [-0.1, -0.05) is 31.2 Å². The number of carbonyl (C=O) groups excluding carboxylic acids is 2. The Morgan fingerprint density at radius 2 is 2.03 bits per heavy atom. The maximum Gasteiger partial charge on any atom is 0.315 e. The van der Waals surface area contributed by atoms with Crippen molar-refractivity contribution in [3.05, 3.63) is 59.2 Å². The van der Waals surface area contributed by atoms with Crippen molar-refractivity contribution >= 4 is 29.4 Å². The maximum absolute atomic E-state index is 12.9. The Bertz CT molecular complexity index is 1050. The number of hydrogen-bond donors (Lipinski definition) is 4. The molecule has 8 nitrogen and oxygen atoms in total. The van der Waals surface area contributed by atoms with Gasteiger partial charge in [-0.3, -0.25) is 4.79 Å². The molecule has 3 atom stereocenters. The topological polar surface area (TPSA) is 103 Å². The Morgan fingerprint density at radius 1 is 1.20 bits per heavy atom. The monoisotopic (exact) mass is 498 g/mol. The van der Waals surface area contributed by atoms with Crippen LogP contribution in [0.1, 0.15) is 55.0 Å². The minimum Gasteiger partial charge on any atom is -0.371 e. The number of carbonyl (C=O) groups is 2. The van der Waals surface area contributed by atoms with Crippen LogP contribution in [0.5, 0.6) is 0 Å². The molecule has 0 unspecified atom stereocenters. The number of nitrogens with zero attached hydrogens (tertiary/aromatic N) is 1. The average molecular weight is 499 g/mol. The SMILES string of the molecule is CC[C@H]1OC[C@@H](O)Nc2ccc(CNC(=O)NCC(=O)N3CCC[C@@H]3c3ccccc3SC)cc21. The molecule has 9 heteroatoms. The molecule has 2 heterocycles. The lowest BCUT2D eigenvalue weighted by molar-refractivity contribution is -0.131. The molecule has 2 aliphatic rings. The molecule has 4 N–H and O–H groups in total. The Morgan fingerprint density at radius 3 is 2.83 bits per heavy atom. The molecule has 1 saturated heterocycles. The van der Waals surface area contributed by atoms with Crippen LogP contribution in [0.15, 0.2) is 47.4 Å². The maximum atomic E-state index is 12.9. The van der Waals surface area contributed by atoms with Crippen molar-refractivity contribution in [2.24, 2.45) is 0 Å². The number of aliphatic hydroxyl groups is 1. The summed E-state index contributed by atoms with van der Waals surface area (Å²) in [6.45, 7) is 3.24. The number of nitrogens with one attached hydrogen (secondary N) is 3. The van der Waals surface area contributed by atoms with Crippen molar-refractivity contribution in [3.63, 3.8) is 0 Å². The fourth-order valence-electron chi connectivity index (χ4n) is 4.81. The smallest absolute Gasteiger partial charge is 0.315 e. The van der Waals surface area contributed by atoms with E-state index >= 15 is 0 Å². The standard InChI is InChI=1S/C26H34N4O4S/c1-3-22-19-13-17(10-11-20(19)29-24(31)16-34-22)14-27-26(33)28-15-25(32)30-12-6-8-21(30)18-7-4-5-9-23(18)35-2/h4-5,7,9-11,13,21-22,24,29,31H,3,6,8,12,14-16H2,1-2H3,(H2,27,28,33)/t21-,22-,24-/m1/s1. The summed E-state index contributed by atoms with van der Waals surface area (Å²) < 4.78 is 5.78. The van der Waals surface area contributed by atoms with Crippen molar-refractivity contribution in [3.8, 4) is 0 Å². The van der Waals surface area contributed by atoms with Crippen LogP contribution in [-0.2, 0) is 16.1 Å². The van der Waals surface area contributed by atoms with Crippen LogP contribution in [0.2, 0.25) is 0 Å². The molecule has 2 aromatic rings.